The summed E-state index contributed by atoms with van der Waals surface area (Å²) in [6.07, 6.45) is -2.22. The average molecular weight is 264 g/mol. The van der Waals surface area contributed by atoms with Gasteiger partial charge in [-0.05, 0) is 0 Å². The van der Waals surface area contributed by atoms with Gasteiger partial charge in [0.15, 0.2) is 18.2 Å². The van der Waals surface area contributed by atoms with E-state index in [2.05, 4.69) is 0 Å². The highest BCUT2D eigenvalue weighted by Crippen LogP contribution is 2.33. The Labute approximate surface area is 108 Å². The van der Waals surface area contributed by atoms with Crippen molar-refractivity contribution in [3.8, 4) is 0 Å². The van der Waals surface area contributed by atoms with Crippen LogP contribution in [0.4, 0.5) is 0 Å². The molecule has 0 aliphatic carbocycles. The molecule has 3 rings (SSSR count). The molecule has 0 amide bonds. The fourth-order valence-corrected chi connectivity index (χ4v) is 2.08. The number of ether oxygens (including phenoxy) is 3. The first-order chi connectivity index (χ1) is 9.16. The highest BCUT2D eigenvalue weighted by Gasteiger charge is 2.44. The molecule has 6 nitrogen and oxygen atoms in total. The number of carbonyl (C=O) groups excluding carboxylic acids is 1. The first-order valence-corrected chi connectivity index (χ1v) is 5.82. The predicted molar refractivity (Wildman–Crippen MR) is 62.2 cm³/mol. The predicted octanol–water partition coefficient (Wildman–Crippen LogP) is 1.35. The molecular formula is C13H12O6. The summed E-state index contributed by atoms with van der Waals surface area (Å²) in [6.45, 7) is 0.162. The number of esters is 1. The maximum absolute atomic E-state index is 11.1. The lowest BCUT2D eigenvalue weighted by atomic mass is 10.2. The Morgan fingerprint density at radius 3 is 2.53 bits per heavy atom. The van der Waals surface area contributed by atoms with Gasteiger partial charge >= 0.3 is 5.97 Å². The third-order valence-electron chi connectivity index (χ3n) is 3.06. The minimum Gasteiger partial charge on any atom is -0.505 e. The van der Waals surface area contributed by atoms with Crippen molar-refractivity contribution in [2.45, 2.75) is 18.5 Å². The maximum Gasteiger partial charge on any atom is 0.377 e. The quantitative estimate of drug-likeness (QED) is 0.784. The van der Waals surface area contributed by atoms with Crippen molar-refractivity contribution in [1.29, 1.82) is 0 Å². The number of benzene rings is 1. The van der Waals surface area contributed by atoms with Crippen LogP contribution in [0.2, 0.25) is 0 Å². The molecule has 2 N–H and O–H groups in total. The van der Waals surface area contributed by atoms with Crippen LogP contribution in [0.1, 0.15) is 11.9 Å². The smallest absolute Gasteiger partial charge is 0.377 e. The standard InChI is InChI=1S/C13H12O6/c14-9-10(15)12(16)19-11(9)8-6-17-13(18-8)7-4-2-1-3-5-7/h1-5,8,11,13-15H,6H2/t8?,11-,13?/m1/s1. The van der Waals surface area contributed by atoms with E-state index in [1.807, 2.05) is 30.3 Å². The Kier molecular flexibility index (Phi) is 2.88. The van der Waals surface area contributed by atoms with E-state index in [0.717, 1.165) is 5.56 Å². The SMILES string of the molecule is O=C1O[C@H](C2COC(c3ccccc3)O2)C(O)=C1O. The minimum absolute atomic E-state index is 0.162. The second-order valence-corrected chi connectivity index (χ2v) is 4.31. The molecule has 1 aromatic carbocycles. The second-order valence-electron chi connectivity index (χ2n) is 4.31. The van der Waals surface area contributed by atoms with E-state index in [-0.39, 0.29) is 6.61 Å². The van der Waals surface area contributed by atoms with Crippen molar-refractivity contribution in [1.82, 2.24) is 0 Å². The summed E-state index contributed by atoms with van der Waals surface area (Å²) in [7, 11) is 0. The van der Waals surface area contributed by atoms with Crippen LogP contribution in [0.25, 0.3) is 0 Å². The van der Waals surface area contributed by atoms with Crippen LogP contribution in [-0.4, -0.2) is 35.0 Å². The van der Waals surface area contributed by atoms with Crippen LogP contribution in [0.3, 0.4) is 0 Å². The highest BCUT2D eigenvalue weighted by molar-refractivity contribution is 5.89. The number of cyclic esters (lactones) is 1. The summed E-state index contributed by atoms with van der Waals surface area (Å²) >= 11 is 0. The lowest BCUT2D eigenvalue weighted by Gasteiger charge is -2.16. The van der Waals surface area contributed by atoms with Gasteiger partial charge in [-0.3, -0.25) is 0 Å². The lowest BCUT2D eigenvalue weighted by Crippen LogP contribution is -2.30. The molecule has 100 valence electrons. The second kappa shape index (κ2) is 4.56. The summed E-state index contributed by atoms with van der Waals surface area (Å²) < 4.78 is 15.9. The number of aliphatic hydroxyl groups is 2. The molecule has 2 aliphatic rings. The zero-order chi connectivity index (χ0) is 13.4. The van der Waals surface area contributed by atoms with Gasteiger partial charge in [-0.2, -0.15) is 0 Å². The van der Waals surface area contributed by atoms with Crippen molar-refractivity contribution >= 4 is 5.97 Å². The molecule has 1 saturated heterocycles. The Morgan fingerprint density at radius 2 is 1.89 bits per heavy atom. The summed E-state index contributed by atoms with van der Waals surface area (Å²) in [5.41, 5.74) is 0.835. The molecule has 6 heteroatoms. The van der Waals surface area contributed by atoms with Crippen molar-refractivity contribution < 1.29 is 29.2 Å². The Balaban J connectivity index is 1.72. The van der Waals surface area contributed by atoms with Gasteiger partial charge < -0.3 is 24.4 Å². The summed E-state index contributed by atoms with van der Waals surface area (Å²) in [5, 5.41) is 18.8. The van der Waals surface area contributed by atoms with E-state index in [4.69, 9.17) is 14.2 Å². The van der Waals surface area contributed by atoms with Crippen molar-refractivity contribution in [2.24, 2.45) is 0 Å². The molecule has 0 saturated carbocycles. The molecule has 3 atom stereocenters. The van der Waals surface area contributed by atoms with E-state index in [1.54, 1.807) is 0 Å². The molecule has 0 aromatic heterocycles. The summed E-state index contributed by atoms with van der Waals surface area (Å²) in [5.74, 6) is -2.22. The topological polar surface area (TPSA) is 85.2 Å². The highest BCUT2D eigenvalue weighted by atomic mass is 16.7. The molecule has 2 heterocycles. The van der Waals surface area contributed by atoms with E-state index in [9.17, 15) is 15.0 Å². The van der Waals surface area contributed by atoms with E-state index >= 15 is 0 Å². The molecule has 0 spiro atoms. The Hall–Kier alpha value is -2.05. The van der Waals surface area contributed by atoms with Gasteiger partial charge in [0.1, 0.15) is 6.10 Å². The fourth-order valence-electron chi connectivity index (χ4n) is 2.08. The molecule has 1 aromatic rings. The first kappa shape index (κ1) is 12.0. The lowest BCUT2D eigenvalue weighted by molar-refractivity contribution is -0.149. The number of aliphatic hydroxyl groups excluding tert-OH is 2. The van der Waals surface area contributed by atoms with Crippen LogP contribution in [-0.2, 0) is 19.0 Å². The van der Waals surface area contributed by atoms with Crippen LogP contribution in [0.15, 0.2) is 41.9 Å². The van der Waals surface area contributed by atoms with Crippen LogP contribution in [0, 0.1) is 0 Å². The molecule has 1 fully saturated rings. The van der Waals surface area contributed by atoms with Gasteiger partial charge in [0.25, 0.3) is 0 Å². The number of hydrogen-bond donors (Lipinski definition) is 2. The van der Waals surface area contributed by atoms with E-state index in [0.29, 0.717) is 0 Å². The van der Waals surface area contributed by atoms with Crippen molar-refractivity contribution in [2.75, 3.05) is 6.61 Å². The zero-order valence-electron chi connectivity index (χ0n) is 9.85. The fraction of sp³-hybridized carbons (Fsp3) is 0.308. The molecule has 0 radical (unpaired) electrons. The summed E-state index contributed by atoms with van der Waals surface area (Å²) in [6, 6.07) is 9.28. The number of carbonyl (C=O) groups is 1. The van der Waals surface area contributed by atoms with Crippen LogP contribution < -0.4 is 0 Å². The van der Waals surface area contributed by atoms with Gasteiger partial charge in [-0.25, -0.2) is 4.79 Å². The first-order valence-electron chi connectivity index (χ1n) is 5.82. The Morgan fingerprint density at radius 1 is 1.16 bits per heavy atom. The van der Waals surface area contributed by atoms with Crippen molar-refractivity contribution in [3.05, 3.63) is 47.4 Å². The third kappa shape index (κ3) is 2.05. The molecule has 2 aliphatic heterocycles. The monoisotopic (exact) mass is 264 g/mol. The molecule has 19 heavy (non-hydrogen) atoms. The van der Waals surface area contributed by atoms with Gasteiger partial charge in [0.05, 0.1) is 6.61 Å². The van der Waals surface area contributed by atoms with E-state index in [1.165, 1.54) is 0 Å². The zero-order valence-corrected chi connectivity index (χ0v) is 9.85. The number of hydrogen-bond acceptors (Lipinski definition) is 6. The third-order valence-corrected chi connectivity index (χ3v) is 3.06. The van der Waals surface area contributed by atoms with Gasteiger partial charge in [0, 0.05) is 5.56 Å². The number of rotatable bonds is 2. The van der Waals surface area contributed by atoms with Crippen LogP contribution in [0.5, 0.6) is 0 Å². The molecule has 2 unspecified atom stereocenters. The molecular weight excluding hydrogens is 252 g/mol. The summed E-state index contributed by atoms with van der Waals surface area (Å²) in [4.78, 5) is 11.1. The Bertz CT molecular complexity index is 523. The van der Waals surface area contributed by atoms with E-state index < -0.39 is 36.0 Å². The van der Waals surface area contributed by atoms with Crippen molar-refractivity contribution in [3.63, 3.8) is 0 Å². The minimum atomic E-state index is -1.01. The van der Waals surface area contributed by atoms with Gasteiger partial charge in [-0.15, -0.1) is 0 Å². The van der Waals surface area contributed by atoms with Crippen LogP contribution >= 0.6 is 0 Å². The maximum atomic E-state index is 11.1. The van der Waals surface area contributed by atoms with Gasteiger partial charge in [0.2, 0.25) is 5.76 Å². The molecule has 0 bridgehead atoms. The normalized spacial score (nSPS) is 30.7. The largest absolute Gasteiger partial charge is 0.505 e. The van der Waals surface area contributed by atoms with Gasteiger partial charge in [-0.1, -0.05) is 30.3 Å². The average Bonchev–Trinajstić information content (AvgIpc) is 3.01.